The second-order valence-electron chi connectivity index (χ2n) is 6.70. The summed E-state index contributed by atoms with van der Waals surface area (Å²) in [6, 6.07) is 20.0. The summed E-state index contributed by atoms with van der Waals surface area (Å²) in [5, 5.41) is 3.13. The van der Waals surface area contributed by atoms with E-state index in [1.807, 2.05) is 19.1 Å². The minimum atomic E-state index is -3.98. The highest BCUT2D eigenvalue weighted by Gasteiger charge is 2.28. The third kappa shape index (κ3) is 5.18. The van der Waals surface area contributed by atoms with Crippen molar-refractivity contribution in [2.75, 3.05) is 23.3 Å². The molecule has 162 valence electrons. The minimum absolute atomic E-state index is 0.106. The topological polar surface area (TPSA) is 75.7 Å². The van der Waals surface area contributed by atoms with E-state index in [4.69, 9.17) is 16.3 Å². The van der Waals surface area contributed by atoms with E-state index < -0.39 is 22.5 Å². The normalized spacial score (nSPS) is 11.1. The van der Waals surface area contributed by atoms with Crippen molar-refractivity contribution >= 4 is 38.9 Å². The molecule has 3 aromatic carbocycles. The van der Waals surface area contributed by atoms with Gasteiger partial charge in [0.2, 0.25) is 5.91 Å². The largest absolute Gasteiger partial charge is 0.495 e. The highest BCUT2D eigenvalue weighted by molar-refractivity contribution is 7.92. The maximum absolute atomic E-state index is 13.5. The monoisotopic (exact) mass is 458 g/mol. The average Bonchev–Trinajstić information content (AvgIpc) is 2.78. The van der Waals surface area contributed by atoms with Gasteiger partial charge in [-0.05, 0) is 48.4 Å². The molecule has 0 spiro atoms. The average molecular weight is 459 g/mol. The van der Waals surface area contributed by atoms with Gasteiger partial charge in [0.05, 0.1) is 23.4 Å². The van der Waals surface area contributed by atoms with Gasteiger partial charge < -0.3 is 10.1 Å². The molecule has 0 heterocycles. The van der Waals surface area contributed by atoms with Gasteiger partial charge in [-0.25, -0.2) is 8.42 Å². The fourth-order valence-corrected chi connectivity index (χ4v) is 4.82. The third-order valence-electron chi connectivity index (χ3n) is 4.70. The number of halogens is 1. The van der Waals surface area contributed by atoms with Crippen LogP contribution in [0, 0.1) is 0 Å². The van der Waals surface area contributed by atoms with Crippen molar-refractivity contribution in [3.05, 3.63) is 83.4 Å². The summed E-state index contributed by atoms with van der Waals surface area (Å²) < 4.78 is 33.3. The predicted octanol–water partition coefficient (Wildman–Crippen LogP) is 4.75. The number of carbonyl (C=O) groups is 1. The van der Waals surface area contributed by atoms with Gasteiger partial charge in [-0.1, -0.05) is 54.9 Å². The summed E-state index contributed by atoms with van der Waals surface area (Å²) in [5.41, 5.74) is 1.64. The molecule has 8 heteroatoms. The molecule has 0 saturated heterocycles. The maximum atomic E-state index is 13.5. The van der Waals surface area contributed by atoms with Crippen molar-refractivity contribution in [1.29, 1.82) is 0 Å². The second-order valence-corrected chi connectivity index (χ2v) is 9.00. The number of rotatable bonds is 8. The molecule has 31 heavy (non-hydrogen) atoms. The van der Waals surface area contributed by atoms with Crippen LogP contribution in [-0.2, 0) is 21.2 Å². The fourth-order valence-electron chi connectivity index (χ4n) is 3.17. The zero-order valence-corrected chi connectivity index (χ0v) is 18.8. The van der Waals surface area contributed by atoms with Crippen LogP contribution in [0.3, 0.4) is 0 Å². The van der Waals surface area contributed by atoms with Crippen molar-refractivity contribution in [3.63, 3.8) is 0 Å². The van der Waals surface area contributed by atoms with Crippen molar-refractivity contribution in [2.24, 2.45) is 0 Å². The first-order chi connectivity index (χ1) is 14.9. The van der Waals surface area contributed by atoms with E-state index in [0.29, 0.717) is 28.6 Å². The summed E-state index contributed by atoms with van der Waals surface area (Å²) >= 11 is 6.04. The molecule has 3 aromatic rings. The van der Waals surface area contributed by atoms with Crippen LogP contribution < -0.4 is 14.4 Å². The molecular formula is C23H23ClN2O4S. The Balaban J connectivity index is 2.00. The van der Waals surface area contributed by atoms with Crippen molar-refractivity contribution in [3.8, 4) is 5.75 Å². The molecular weight excluding hydrogens is 436 g/mol. The summed E-state index contributed by atoms with van der Waals surface area (Å²) in [5.74, 6) is -0.102. The smallest absolute Gasteiger partial charge is 0.264 e. The van der Waals surface area contributed by atoms with Gasteiger partial charge in [0.15, 0.2) is 0 Å². The molecule has 0 aliphatic carbocycles. The van der Waals surface area contributed by atoms with Gasteiger partial charge in [0.1, 0.15) is 12.3 Å². The lowest BCUT2D eigenvalue weighted by molar-refractivity contribution is -0.114. The molecule has 0 atom stereocenters. The molecule has 0 bridgehead atoms. The van der Waals surface area contributed by atoms with E-state index in [-0.39, 0.29) is 4.90 Å². The first kappa shape index (κ1) is 22.7. The first-order valence-corrected chi connectivity index (χ1v) is 11.5. The number of nitrogens with zero attached hydrogens (tertiary/aromatic N) is 1. The van der Waals surface area contributed by atoms with Gasteiger partial charge in [-0.15, -0.1) is 0 Å². The van der Waals surface area contributed by atoms with Crippen LogP contribution in [0.5, 0.6) is 5.75 Å². The Kier molecular flexibility index (Phi) is 7.20. The Labute approximate surface area is 187 Å². The summed E-state index contributed by atoms with van der Waals surface area (Å²) in [7, 11) is -2.51. The van der Waals surface area contributed by atoms with Crippen LogP contribution in [0.1, 0.15) is 12.5 Å². The van der Waals surface area contributed by atoms with E-state index in [2.05, 4.69) is 5.32 Å². The summed E-state index contributed by atoms with van der Waals surface area (Å²) in [6.45, 7) is 1.52. The number of hydrogen-bond acceptors (Lipinski definition) is 4. The Bertz CT molecular complexity index is 1170. The molecule has 0 fully saturated rings. The van der Waals surface area contributed by atoms with E-state index in [0.717, 1.165) is 9.87 Å². The number of ether oxygens (including phenoxy) is 1. The van der Waals surface area contributed by atoms with Crippen LogP contribution in [-0.4, -0.2) is 28.0 Å². The quantitative estimate of drug-likeness (QED) is 0.528. The van der Waals surface area contributed by atoms with Crippen LogP contribution >= 0.6 is 11.6 Å². The lowest BCUT2D eigenvalue weighted by atomic mass is 10.1. The van der Waals surface area contributed by atoms with Gasteiger partial charge in [-0.2, -0.15) is 0 Å². The van der Waals surface area contributed by atoms with Crippen molar-refractivity contribution in [2.45, 2.75) is 18.2 Å². The van der Waals surface area contributed by atoms with Crippen molar-refractivity contribution < 1.29 is 17.9 Å². The van der Waals surface area contributed by atoms with E-state index in [1.165, 1.54) is 19.2 Å². The van der Waals surface area contributed by atoms with Gasteiger partial charge >= 0.3 is 0 Å². The van der Waals surface area contributed by atoms with Crippen LogP contribution in [0.15, 0.2) is 77.7 Å². The zero-order chi connectivity index (χ0) is 22.4. The third-order valence-corrected chi connectivity index (χ3v) is 6.70. The van der Waals surface area contributed by atoms with Crippen LogP contribution in [0.4, 0.5) is 11.4 Å². The molecule has 0 aromatic heterocycles. The summed E-state index contributed by atoms with van der Waals surface area (Å²) in [4.78, 5) is 13.0. The molecule has 0 aliphatic heterocycles. The van der Waals surface area contributed by atoms with Crippen LogP contribution in [0.2, 0.25) is 5.02 Å². The maximum Gasteiger partial charge on any atom is 0.264 e. The van der Waals surface area contributed by atoms with Gasteiger partial charge in [-0.3, -0.25) is 9.10 Å². The predicted molar refractivity (Wildman–Crippen MR) is 123 cm³/mol. The van der Waals surface area contributed by atoms with E-state index in [1.54, 1.807) is 48.5 Å². The molecule has 1 N–H and O–H groups in total. The van der Waals surface area contributed by atoms with E-state index >= 15 is 0 Å². The molecule has 0 saturated carbocycles. The number of sulfonamides is 1. The zero-order valence-electron chi connectivity index (χ0n) is 17.2. The lowest BCUT2D eigenvalue weighted by Gasteiger charge is -2.26. The number of para-hydroxylation sites is 1. The Morgan fingerprint density at radius 2 is 1.71 bits per heavy atom. The molecule has 0 radical (unpaired) electrons. The lowest BCUT2D eigenvalue weighted by Crippen LogP contribution is -2.38. The highest BCUT2D eigenvalue weighted by atomic mass is 35.5. The fraction of sp³-hybridized carbons (Fsp3) is 0.174. The minimum Gasteiger partial charge on any atom is -0.495 e. The molecule has 3 rings (SSSR count). The van der Waals surface area contributed by atoms with Gasteiger partial charge in [0, 0.05) is 5.02 Å². The number of carbonyl (C=O) groups excluding carboxylic acids is 1. The number of nitrogens with one attached hydrogen (secondary N) is 1. The van der Waals surface area contributed by atoms with Gasteiger partial charge in [0.25, 0.3) is 10.0 Å². The number of aryl methyl sites for hydroxylation is 1. The number of benzene rings is 3. The van der Waals surface area contributed by atoms with Crippen molar-refractivity contribution in [1.82, 2.24) is 0 Å². The second kappa shape index (κ2) is 9.85. The Morgan fingerprint density at radius 3 is 2.39 bits per heavy atom. The highest BCUT2D eigenvalue weighted by Crippen LogP contribution is 2.30. The SMILES string of the molecule is CCc1ccccc1N(CC(=O)Nc1cc(Cl)ccc1OC)S(=O)(=O)c1ccccc1. The summed E-state index contributed by atoms with van der Waals surface area (Å²) in [6.07, 6.45) is 0.612. The van der Waals surface area contributed by atoms with E-state index in [9.17, 15) is 13.2 Å². The Morgan fingerprint density at radius 1 is 1.03 bits per heavy atom. The Hall–Kier alpha value is -3.03. The molecule has 0 unspecified atom stereocenters. The number of amides is 1. The molecule has 0 aliphatic rings. The first-order valence-electron chi connectivity index (χ1n) is 9.66. The molecule has 1 amide bonds. The number of anilines is 2. The number of methoxy groups -OCH3 is 1. The standard InChI is InChI=1S/C23H23ClN2O4S/c1-3-17-9-7-8-12-21(17)26(31(28,29)19-10-5-4-6-11-19)16-23(27)25-20-15-18(24)13-14-22(20)30-2/h4-15H,3,16H2,1-2H3,(H,25,27). The molecule has 6 nitrogen and oxygen atoms in total. The van der Waals surface area contributed by atoms with Crippen LogP contribution in [0.25, 0.3) is 0 Å². The number of hydrogen-bond donors (Lipinski definition) is 1.